The minimum absolute atomic E-state index is 0.0992. The Kier molecular flexibility index (Phi) is 4.17. The highest BCUT2D eigenvalue weighted by Crippen LogP contribution is 2.18. The molecular formula is C14H13F2N3O2. The monoisotopic (exact) mass is 293 g/mol. The minimum atomic E-state index is -1.05. The molecule has 0 bridgehead atoms. The Morgan fingerprint density at radius 2 is 1.57 bits per heavy atom. The summed E-state index contributed by atoms with van der Waals surface area (Å²) < 4.78 is 27.6. The van der Waals surface area contributed by atoms with Gasteiger partial charge in [0.05, 0.1) is 11.6 Å². The average molecular weight is 293 g/mol. The van der Waals surface area contributed by atoms with Gasteiger partial charge in [-0.05, 0) is 12.1 Å². The van der Waals surface area contributed by atoms with E-state index in [-0.39, 0.29) is 24.6 Å². The molecule has 7 heteroatoms. The highest BCUT2D eigenvalue weighted by Gasteiger charge is 2.27. The molecule has 1 aliphatic heterocycles. The van der Waals surface area contributed by atoms with E-state index in [1.807, 2.05) is 0 Å². The maximum Gasteiger partial charge on any atom is 0.259 e. The van der Waals surface area contributed by atoms with Crippen molar-refractivity contribution in [2.45, 2.75) is 6.92 Å². The van der Waals surface area contributed by atoms with Gasteiger partial charge in [-0.15, -0.1) is 0 Å². The second-order valence-electron chi connectivity index (χ2n) is 4.72. The van der Waals surface area contributed by atoms with Crippen LogP contribution < -0.4 is 0 Å². The number of rotatable bonds is 1. The molecule has 1 fully saturated rings. The maximum atomic E-state index is 13.8. The van der Waals surface area contributed by atoms with Crippen molar-refractivity contribution < 1.29 is 18.4 Å². The largest absolute Gasteiger partial charge is 0.339 e. The number of nitriles is 1. The van der Waals surface area contributed by atoms with Crippen LogP contribution in [-0.2, 0) is 4.79 Å². The lowest BCUT2D eigenvalue weighted by Crippen LogP contribution is -2.50. The van der Waals surface area contributed by atoms with Gasteiger partial charge < -0.3 is 9.80 Å². The predicted octanol–water partition coefficient (Wildman–Crippen LogP) is 1.14. The highest BCUT2D eigenvalue weighted by molar-refractivity contribution is 5.95. The number of carbonyl (C=O) groups excluding carboxylic acids is 2. The van der Waals surface area contributed by atoms with Crippen molar-refractivity contribution in [3.05, 3.63) is 34.9 Å². The van der Waals surface area contributed by atoms with Gasteiger partial charge >= 0.3 is 0 Å². The summed E-state index contributed by atoms with van der Waals surface area (Å²) in [6, 6.07) is 3.29. The second-order valence-corrected chi connectivity index (χ2v) is 4.72. The van der Waals surface area contributed by atoms with Gasteiger partial charge in [0.2, 0.25) is 5.91 Å². The summed E-state index contributed by atoms with van der Waals surface area (Å²) in [5, 5.41) is 8.63. The smallest absolute Gasteiger partial charge is 0.259 e. The van der Waals surface area contributed by atoms with Crippen LogP contribution in [0.5, 0.6) is 0 Å². The lowest BCUT2D eigenvalue weighted by molar-refractivity contribution is -0.130. The zero-order valence-electron chi connectivity index (χ0n) is 11.4. The van der Waals surface area contributed by atoms with Gasteiger partial charge in [-0.1, -0.05) is 0 Å². The molecule has 0 aromatic heterocycles. The summed E-state index contributed by atoms with van der Waals surface area (Å²) >= 11 is 0. The first-order valence-corrected chi connectivity index (χ1v) is 6.38. The molecule has 1 heterocycles. The summed E-state index contributed by atoms with van der Waals surface area (Å²) in [4.78, 5) is 26.2. The normalized spacial score (nSPS) is 14.8. The van der Waals surface area contributed by atoms with Crippen LogP contribution in [0.2, 0.25) is 0 Å². The van der Waals surface area contributed by atoms with Crippen LogP contribution >= 0.6 is 0 Å². The molecular weight excluding hydrogens is 280 g/mol. The fraction of sp³-hybridized carbons (Fsp3) is 0.357. The van der Waals surface area contributed by atoms with Gasteiger partial charge in [0.1, 0.15) is 17.2 Å². The van der Waals surface area contributed by atoms with Gasteiger partial charge in [-0.3, -0.25) is 9.59 Å². The molecule has 1 aromatic rings. The number of hydrogen-bond donors (Lipinski definition) is 0. The Balaban J connectivity index is 2.19. The van der Waals surface area contributed by atoms with Crippen LogP contribution in [0.15, 0.2) is 12.1 Å². The SMILES string of the molecule is CC(=O)N1CCN(C(=O)c2c(F)cc(C#N)cc2F)CC1. The molecule has 2 amide bonds. The summed E-state index contributed by atoms with van der Waals surface area (Å²) in [6.45, 7) is 2.53. The summed E-state index contributed by atoms with van der Waals surface area (Å²) in [5.74, 6) is -2.97. The number of carbonyl (C=O) groups is 2. The van der Waals surface area contributed by atoms with Crippen LogP contribution in [0.25, 0.3) is 0 Å². The highest BCUT2D eigenvalue weighted by atomic mass is 19.1. The molecule has 1 saturated heterocycles. The Labute approximate surface area is 120 Å². The van der Waals surface area contributed by atoms with Crippen LogP contribution in [0.4, 0.5) is 8.78 Å². The molecule has 5 nitrogen and oxygen atoms in total. The predicted molar refractivity (Wildman–Crippen MR) is 69.2 cm³/mol. The van der Waals surface area contributed by atoms with Crippen molar-refractivity contribution in [2.75, 3.05) is 26.2 Å². The lowest BCUT2D eigenvalue weighted by Gasteiger charge is -2.34. The van der Waals surface area contributed by atoms with E-state index in [2.05, 4.69) is 0 Å². The third-order valence-corrected chi connectivity index (χ3v) is 3.40. The van der Waals surface area contributed by atoms with E-state index in [9.17, 15) is 18.4 Å². The first-order valence-electron chi connectivity index (χ1n) is 6.38. The molecule has 0 unspecified atom stereocenters. The van der Waals surface area contributed by atoms with Crippen LogP contribution in [0.1, 0.15) is 22.8 Å². The van der Waals surface area contributed by atoms with E-state index >= 15 is 0 Å². The molecule has 0 saturated carbocycles. The van der Waals surface area contributed by atoms with Crippen LogP contribution in [-0.4, -0.2) is 47.8 Å². The van der Waals surface area contributed by atoms with Crippen molar-refractivity contribution in [1.82, 2.24) is 9.80 Å². The molecule has 21 heavy (non-hydrogen) atoms. The number of piperazine rings is 1. The zero-order valence-corrected chi connectivity index (χ0v) is 11.4. The van der Waals surface area contributed by atoms with Crippen LogP contribution in [0, 0.1) is 23.0 Å². The quantitative estimate of drug-likeness (QED) is 0.780. The molecule has 2 rings (SSSR count). The Morgan fingerprint density at radius 3 is 2.00 bits per heavy atom. The van der Waals surface area contributed by atoms with Crippen molar-refractivity contribution in [1.29, 1.82) is 5.26 Å². The van der Waals surface area contributed by atoms with Crippen molar-refractivity contribution in [2.24, 2.45) is 0 Å². The fourth-order valence-electron chi connectivity index (χ4n) is 2.22. The Bertz CT molecular complexity index is 609. The molecule has 0 N–H and O–H groups in total. The lowest BCUT2D eigenvalue weighted by atomic mass is 10.1. The van der Waals surface area contributed by atoms with E-state index in [0.717, 1.165) is 12.1 Å². The first kappa shape index (κ1) is 14.9. The molecule has 0 aliphatic carbocycles. The topological polar surface area (TPSA) is 64.4 Å². The summed E-state index contributed by atoms with van der Waals surface area (Å²) in [7, 11) is 0. The van der Waals surface area contributed by atoms with Gasteiger partial charge in [0.25, 0.3) is 5.91 Å². The molecule has 1 aliphatic rings. The number of nitrogens with zero attached hydrogens (tertiary/aromatic N) is 3. The van der Waals surface area contributed by atoms with E-state index in [1.54, 1.807) is 11.0 Å². The molecule has 110 valence electrons. The van der Waals surface area contributed by atoms with Crippen molar-refractivity contribution >= 4 is 11.8 Å². The number of benzene rings is 1. The van der Waals surface area contributed by atoms with E-state index < -0.39 is 23.1 Å². The summed E-state index contributed by atoms with van der Waals surface area (Å²) in [6.07, 6.45) is 0. The average Bonchev–Trinajstić information content (AvgIpc) is 2.46. The Morgan fingerprint density at radius 1 is 1.10 bits per heavy atom. The van der Waals surface area contributed by atoms with E-state index in [4.69, 9.17) is 5.26 Å². The fourth-order valence-corrected chi connectivity index (χ4v) is 2.22. The van der Waals surface area contributed by atoms with E-state index in [0.29, 0.717) is 13.1 Å². The zero-order chi connectivity index (χ0) is 15.6. The molecule has 0 spiro atoms. The number of hydrogen-bond acceptors (Lipinski definition) is 3. The maximum absolute atomic E-state index is 13.8. The number of amides is 2. The molecule has 0 atom stereocenters. The third-order valence-electron chi connectivity index (χ3n) is 3.40. The van der Waals surface area contributed by atoms with Gasteiger partial charge in [-0.25, -0.2) is 8.78 Å². The van der Waals surface area contributed by atoms with Crippen molar-refractivity contribution in [3.63, 3.8) is 0 Å². The third kappa shape index (κ3) is 2.99. The van der Waals surface area contributed by atoms with Gasteiger partial charge in [-0.2, -0.15) is 5.26 Å². The minimum Gasteiger partial charge on any atom is -0.339 e. The first-order chi connectivity index (χ1) is 9.93. The number of halogens is 2. The van der Waals surface area contributed by atoms with Crippen molar-refractivity contribution in [3.8, 4) is 6.07 Å². The van der Waals surface area contributed by atoms with E-state index in [1.165, 1.54) is 11.8 Å². The molecule has 1 aromatic carbocycles. The Hall–Kier alpha value is -2.49. The molecule has 0 radical (unpaired) electrons. The standard InChI is InChI=1S/C14H13F2N3O2/c1-9(20)18-2-4-19(5-3-18)14(21)13-11(15)6-10(8-17)7-12(13)16/h6-7H,2-5H2,1H3. The second kappa shape index (κ2) is 5.87. The summed E-state index contributed by atoms with van der Waals surface area (Å²) in [5.41, 5.74) is -0.840. The van der Waals surface area contributed by atoms with Crippen LogP contribution in [0.3, 0.4) is 0 Å². The van der Waals surface area contributed by atoms with Gasteiger partial charge in [0.15, 0.2) is 0 Å². The van der Waals surface area contributed by atoms with Gasteiger partial charge in [0, 0.05) is 33.1 Å².